The van der Waals surface area contributed by atoms with E-state index in [1.165, 1.54) is 12.3 Å². The van der Waals surface area contributed by atoms with Crippen molar-refractivity contribution >= 4 is 23.1 Å². The van der Waals surface area contributed by atoms with Crippen LogP contribution in [0.15, 0.2) is 18.3 Å². The Bertz CT molecular complexity index is 882. The monoisotopic (exact) mass is 405 g/mol. The van der Waals surface area contributed by atoms with Gasteiger partial charge in [-0.25, -0.2) is 9.37 Å². The zero-order valence-corrected chi connectivity index (χ0v) is 18.0. The van der Waals surface area contributed by atoms with Crippen LogP contribution in [0.3, 0.4) is 0 Å². The maximum Gasteiger partial charge on any atom is 0.229 e. The Hall–Kier alpha value is -2.12. The number of hydrogen-bond acceptors (Lipinski definition) is 5. The highest BCUT2D eigenvalue weighted by Crippen LogP contribution is 2.30. The molecule has 0 aliphatic rings. The van der Waals surface area contributed by atoms with Gasteiger partial charge < -0.3 is 10.4 Å². The summed E-state index contributed by atoms with van der Waals surface area (Å²) < 4.78 is 14.4. The van der Waals surface area contributed by atoms with E-state index in [2.05, 4.69) is 10.3 Å². The molecule has 5 nitrogen and oxygen atoms in total. The molecule has 0 unspecified atom stereocenters. The minimum absolute atomic E-state index is 0.00167. The molecule has 1 amide bonds. The Labute approximate surface area is 169 Å². The van der Waals surface area contributed by atoms with E-state index in [0.717, 1.165) is 16.9 Å². The number of nitrogens with zero attached hydrogens (tertiary/aromatic N) is 1. The number of amidine groups is 1. The average molecular weight is 406 g/mol. The van der Waals surface area contributed by atoms with Crippen molar-refractivity contribution in [2.75, 3.05) is 0 Å². The molecule has 2 aromatic rings. The first-order valence-electron chi connectivity index (χ1n) is 9.30. The highest BCUT2D eigenvalue weighted by molar-refractivity contribution is 7.13. The number of aromatic nitrogens is 1. The molecule has 0 atom stereocenters. The Balaban J connectivity index is 2.24. The van der Waals surface area contributed by atoms with Gasteiger partial charge in [0.2, 0.25) is 5.91 Å². The van der Waals surface area contributed by atoms with Gasteiger partial charge in [0.15, 0.2) is 0 Å². The van der Waals surface area contributed by atoms with Crippen LogP contribution >= 0.6 is 11.3 Å². The van der Waals surface area contributed by atoms with Gasteiger partial charge in [-0.3, -0.25) is 10.2 Å². The summed E-state index contributed by atoms with van der Waals surface area (Å²) in [5, 5.41) is 21.2. The van der Waals surface area contributed by atoms with E-state index >= 15 is 0 Å². The van der Waals surface area contributed by atoms with Gasteiger partial charge >= 0.3 is 0 Å². The van der Waals surface area contributed by atoms with Crippen molar-refractivity contribution in [2.45, 2.75) is 65.4 Å². The van der Waals surface area contributed by atoms with E-state index in [0.29, 0.717) is 21.0 Å². The smallest absolute Gasteiger partial charge is 0.229 e. The van der Waals surface area contributed by atoms with E-state index in [1.807, 2.05) is 27.7 Å². The summed E-state index contributed by atoms with van der Waals surface area (Å²) in [5.41, 5.74) is 1.08. The summed E-state index contributed by atoms with van der Waals surface area (Å²) in [7, 11) is 0. The van der Waals surface area contributed by atoms with E-state index in [1.54, 1.807) is 19.9 Å². The summed E-state index contributed by atoms with van der Waals surface area (Å²) in [5.74, 6) is -0.674. The number of amides is 1. The van der Waals surface area contributed by atoms with Gasteiger partial charge in [0, 0.05) is 6.20 Å². The highest BCUT2D eigenvalue weighted by atomic mass is 32.1. The molecule has 0 aliphatic heterocycles. The predicted octanol–water partition coefficient (Wildman–Crippen LogP) is 4.44. The number of thiazole rings is 1. The lowest BCUT2D eigenvalue weighted by Gasteiger charge is -2.20. The first-order chi connectivity index (χ1) is 12.9. The lowest BCUT2D eigenvalue weighted by atomic mass is 9.86. The quantitative estimate of drug-likeness (QED) is 0.490. The van der Waals surface area contributed by atoms with Crippen LogP contribution in [0, 0.1) is 11.2 Å². The van der Waals surface area contributed by atoms with Gasteiger partial charge in [-0.2, -0.15) is 0 Å². The van der Waals surface area contributed by atoms with Crippen molar-refractivity contribution in [3.05, 3.63) is 50.7 Å². The van der Waals surface area contributed by atoms with E-state index in [9.17, 15) is 14.3 Å². The first kappa shape index (κ1) is 22.2. The fourth-order valence-corrected chi connectivity index (χ4v) is 3.92. The molecule has 28 heavy (non-hydrogen) atoms. The van der Waals surface area contributed by atoms with Crippen LogP contribution in [0.2, 0.25) is 0 Å². The topological polar surface area (TPSA) is 86.1 Å². The molecule has 0 spiro atoms. The van der Waals surface area contributed by atoms with Gasteiger partial charge in [0.1, 0.15) is 22.3 Å². The third kappa shape index (κ3) is 5.02. The minimum Gasteiger partial charge on any atom is -0.383 e. The maximum atomic E-state index is 14.4. The first-order valence-corrected chi connectivity index (χ1v) is 10.1. The van der Waals surface area contributed by atoms with Gasteiger partial charge in [0.05, 0.1) is 11.3 Å². The zero-order chi connectivity index (χ0) is 21.2. The third-order valence-electron chi connectivity index (χ3n) is 4.42. The van der Waals surface area contributed by atoms with Crippen molar-refractivity contribution in [1.29, 1.82) is 5.41 Å². The molecule has 1 aromatic heterocycles. The van der Waals surface area contributed by atoms with E-state index in [4.69, 9.17) is 5.41 Å². The van der Waals surface area contributed by atoms with Crippen LogP contribution in [-0.2, 0) is 16.8 Å². The SMILES string of the molecule is CC(C)c1ccc(F)c(C(C)C)c1CC(=O)NC(=N)c1cnc(C(C)(C)O)s1. The molecule has 3 N–H and O–H groups in total. The number of halogens is 1. The number of nitrogens with one attached hydrogen (secondary N) is 2. The van der Waals surface area contributed by atoms with Crippen molar-refractivity contribution in [3.63, 3.8) is 0 Å². The minimum atomic E-state index is -1.10. The summed E-state index contributed by atoms with van der Waals surface area (Å²) in [4.78, 5) is 17.2. The molecule has 152 valence electrons. The third-order valence-corrected chi connectivity index (χ3v) is 5.74. The summed E-state index contributed by atoms with van der Waals surface area (Å²) >= 11 is 1.15. The maximum absolute atomic E-state index is 14.4. The van der Waals surface area contributed by atoms with Gasteiger partial charge in [-0.05, 0) is 48.4 Å². The van der Waals surface area contributed by atoms with Crippen molar-refractivity contribution in [2.24, 2.45) is 0 Å². The second kappa shape index (κ2) is 8.49. The molecular formula is C21H28FN3O2S. The highest BCUT2D eigenvalue weighted by Gasteiger charge is 2.23. The summed E-state index contributed by atoms with van der Waals surface area (Å²) in [6, 6.07) is 3.20. The molecule has 1 heterocycles. The van der Waals surface area contributed by atoms with Crippen LogP contribution in [0.5, 0.6) is 0 Å². The Morgan fingerprint density at radius 1 is 1.29 bits per heavy atom. The molecule has 0 aliphatic carbocycles. The van der Waals surface area contributed by atoms with Crippen LogP contribution in [-0.4, -0.2) is 21.8 Å². The zero-order valence-electron chi connectivity index (χ0n) is 17.2. The van der Waals surface area contributed by atoms with Crippen LogP contribution in [0.25, 0.3) is 0 Å². The molecule has 0 saturated carbocycles. The lowest BCUT2D eigenvalue weighted by molar-refractivity contribution is -0.119. The summed E-state index contributed by atoms with van der Waals surface area (Å²) in [6.07, 6.45) is 1.46. The average Bonchev–Trinajstić information content (AvgIpc) is 3.04. The van der Waals surface area contributed by atoms with Crippen molar-refractivity contribution < 1.29 is 14.3 Å². The molecule has 7 heteroatoms. The molecule has 0 fully saturated rings. The van der Waals surface area contributed by atoms with Crippen LogP contribution in [0.4, 0.5) is 4.39 Å². The standard InChI is InChI=1S/C21H28FN3O2S/c1-11(2)13-7-8-15(22)18(12(3)4)14(13)9-17(26)25-19(23)16-10-24-20(28-16)21(5,6)27/h7-8,10-12,27H,9H2,1-6H3,(H2,23,25,26). The Morgan fingerprint density at radius 3 is 2.43 bits per heavy atom. The number of rotatable bonds is 6. The Morgan fingerprint density at radius 2 is 1.93 bits per heavy atom. The molecule has 0 bridgehead atoms. The van der Waals surface area contributed by atoms with E-state index in [-0.39, 0.29) is 35.8 Å². The number of benzene rings is 1. The van der Waals surface area contributed by atoms with E-state index < -0.39 is 5.60 Å². The largest absolute Gasteiger partial charge is 0.383 e. The van der Waals surface area contributed by atoms with Gasteiger partial charge in [-0.1, -0.05) is 33.8 Å². The van der Waals surface area contributed by atoms with Gasteiger partial charge in [-0.15, -0.1) is 11.3 Å². The molecule has 1 aromatic carbocycles. The molecule has 0 radical (unpaired) electrons. The van der Waals surface area contributed by atoms with Crippen molar-refractivity contribution in [3.8, 4) is 0 Å². The molecule has 0 saturated heterocycles. The number of carbonyl (C=O) groups excluding carboxylic acids is 1. The number of hydrogen-bond donors (Lipinski definition) is 3. The predicted molar refractivity (Wildman–Crippen MR) is 111 cm³/mol. The second-order valence-corrected chi connectivity index (χ2v) is 9.06. The number of carbonyl (C=O) groups is 1. The normalized spacial score (nSPS) is 11.9. The fraction of sp³-hybridized carbons (Fsp3) is 0.476. The molecule has 2 rings (SSSR count). The van der Waals surface area contributed by atoms with Crippen LogP contribution in [0.1, 0.15) is 80.0 Å². The Kier molecular flexibility index (Phi) is 6.72. The number of aliphatic hydroxyl groups is 1. The second-order valence-electron chi connectivity index (χ2n) is 8.03. The van der Waals surface area contributed by atoms with Gasteiger partial charge in [0.25, 0.3) is 0 Å². The summed E-state index contributed by atoms with van der Waals surface area (Å²) in [6.45, 7) is 11.1. The van der Waals surface area contributed by atoms with Crippen LogP contribution < -0.4 is 5.32 Å². The van der Waals surface area contributed by atoms with Crippen molar-refractivity contribution in [1.82, 2.24) is 10.3 Å². The lowest BCUT2D eigenvalue weighted by Crippen LogP contribution is -2.32. The molecular weight excluding hydrogens is 377 g/mol. The fourth-order valence-electron chi connectivity index (χ4n) is 3.09.